The number of halogens is 2. The molecule has 0 aliphatic heterocycles. The number of anilines is 1. The maximum Gasteiger partial charge on any atom is 0.242 e. The Hall–Kier alpha value is -2.29. The summed E-state index contributed by atoms with van der Waals surface area (Å²) in [7, 11) is -3.56. The summed E-state index contributed by atoms with van der Waals surface area (Å²) in [6.07, 6.45) is 2.75. The molecule has 0 heterocycles. The molecule has 0 saturated heterocycles. The van der Waals surface area contributed by atoms with E-state index in [1.807, 2.05) is 45.9 Å². The Morgan fingerprint density at radius 3 is 2.32 bits per heavy atom. The van der Waals surface area contributed by atoms with Gasteiger partial charge in [-0.1, -0.05) is 55.2 Å². The van der Waals surface area contributed by atoms with Crippen LogP contribution in [0.4, 0.5) is 5.69 Å². The summed E-state index contributed by atoms with van der Waals surface area (Å²) in [5.41, 5.74) is 3.13. The fourth-order valence-corrected chi connectivity index (χ4v) is 5.43. The van der Waals surface area contributed by atoms with E-state index in [0.29, 0.717) is 35.1 Å². The molecule has 10 heteroatoms. The first-order valence-electron chi connectivity index (χ1n) is 12.4. The Morgan fingerprint density at radius 2 is 1.73 bits per heavy atom. The summed E-state index contributed by atoms with van der Waals surface area (Å²) in [5.74, 6) is -0.454. The highest BCUT2D eigenvalue weighted by atomic mass is 35.5. The van der Waals surface area contributed by atoms with E-state index in [1.54, 1.807) is 23.1 Å². The van der Waals surface area contributed by atoms with E-state index in [2.05, 4.69) is 5.32 Å². The average molecular weight is 571 g/mol. The fraction of sp³-hybridized carbons (Fsp3) is 0.481. The third-order valence-corrected chi connectivity index (χ3v) is 7.98. The van der Waals surface area contributed by atoms with Gasteiger partial charge in [0.15, 0.2) is 0 Å². The average Bonchev–Trinajstić information content (AvgIpc) is 2.83. The van der Waals surface area contributed by atoms with Crippen molar-refractivity contribution in [2.75, 3.05) is 23.7 Å². The van der Waals surface area contributed by atoms with E-state index in [9.17, 15) is 18.0 Å². The maximum absolute atomic E-state index is 13.5. The summed E-state index contributed by atoms with van der Waals surface area (Å²) in [6, 6.07) is 10.1. The van der Waals surface area contributed by atoms with E-state index in [1.165, 1.54) is 10.6 Å². The third-order valence-electron chi connectivity index (χ3n) is 6.06. The standard InChI is InChI=1S/C27H37Cl2N3O4S/c1-6-14-30-27(34)24(7-2)31(18-21-12-13-22(28)23(29)17-21)26(33)9-8-15-32(37(5,35)36)25-16-19(3)10-11-20(25)4/h10-13,16-17,24H,6-9,14-15,18H2,1-5H3,(H,30,34)/t24-/m1/s1. The first-order valence-corrected chi connectivity index (χ1v) is 15.1. The zero-order valence-corrected chi connectivity index (χ0v) is 24.5. The van der Waals surface area contributed by atoms with Gasteiger partial charge < -0.3 is 10.2 Å². The molecule has 2 amide bonds. The predicted molar refractivity (Wildman–Crippen MR) is 152 cm³/mol. The topological polar surface area (TPSA) is 86.8 Å². The monoisotopic (exact) mass is 569 g/mol. The molecular weight excluding hydrogens is 533 g/mol. The Balaban J connectivity index is 2.26. The van der Waals surface area contributed by atoms with Crippen LogP contribution in [0.3, 0.4) is 0 Å². The van der Waals surface area contributed by atoms with Gasteiger partial charge in [0.1, 0.15) is 6.04 Å². The Labute approximate surface area is 231 Å². The molecule has 0 aliphatic rings. The van der Waals surface area contributed by atoms with Gasteiger partial charge in [-0.2, -0.15) is 0 Å². The zero-order valence-electron chi connectivity index (χ0n) is 22.2. The molecular formula is C27H37Cl2N3O4S. The minimum atomic E-state index is -3.56. The second-order valence-electron chi connectivity index (χ2n) is 9.21. The van der Waals surface area contributed by atoms with Crippen LogP contribution in [0.2, 0.25) is 10.0 Å². The van der Waals surface area contributed by atoms with Gasteiger partial charge in [-0.05, 0) is 68.0 Å². The molecule has 0 aliphatic carbocycles. The van der Waals surface area contributed by atoms with Gasteiger partial charge in [-0.3, -0.25) is 13.9 Å². The SMILES string of the molecule is CCCNC(=O)[C@@H](CC)N(Cc1ccc(Cl)c(Cl)c1)C(=O)CCCN(c1cc(C)ccc1C)S(C)(=O)=O. The van der Waals surface area contributed by atoms with Gasteiger partial charge >= 0.3 is 0 Å². The highest BCUT2D eigenvalue weighted by Crippen LogP contribution is 2.26. The van der Waals surface area contributed by atoms with E-state index in [-0.39, 0.29) is 31.3 Å². The van der Waals surface area contributed by atoms with Gasteiger partial charge in [0, 0.05) is 26.1 Å². The molecule has 1 N–H and O–H groups in total. The molecule has 0 aromatic heterocycles. The van der Waals surface area contributed by atoms with Crippen molar-refractivity contribution < 1.29 is 18.0 Å². The molecule has 0 radical (unpaired) electrons. The van der Waals surface area contributed by atoms with Crippen LogP contribution >= 0.6 is 23.2 Å². The number of aryl methyl sites for hydroxylation is 2. The van der Waals surface area contributed by atoms with Crippen molar-refractivity contribution in [2.24, 2.45) is 0 Å². The van der Waals surface area contributed by atoms with E-state index >= 15 is 0 Å². The van der Waals surface area contributed by atoms with Gasteiger partial charge in [0.05, 0.1) is 22.0 Å². The zero-order chi connectivity index (χ0) is 27.8. The normalized spacial score (nSPS) is 12.2. The molecule has 204 valence electrons. The number of hydrogen-bond donors (Lipinski definition) is 1. The fourth-order valence-electron chi connectivity index (χ4n) is 4.09. The molecule has 0 fully saturated rings. The van der Waals surface area contributed by atoms with Crippen molar-refractivity contribution in [3.8, 4) is 0 Å². The lowest BCUT2D eigenvalue weighted by molar-refractivity contribution is -0.141. The van der Waals surface area contributed by atoms with Crippen LogP contribution in [-0.4, -0.2) is 50.5 Å². The number of carbonyl (C=O) groups excluding carboxylic acids is 2. The third kappa shape index (κ3) is 8.90. The number of benzene rings is 2. The lowest BCUT2D eigenvalue weighted by Gasteiger charge is -2.31. The first-order chi connectivity index (χ1) is 17.4. The minimum Gasteiger partial charge on any atom is -0.354 e. The van der Waals surface area contributed by atoms with Crippen LogP contribution in [0.5, 0.6) is 0 Å². The van der Waals surface area contributed by atoms with E-state index in [4.69, 9.17) is 23.2 Å². The van der Waals surface area contributed by atoms with Gasteiger partial charge in [0.25, 0.3) is 0 Å². The van der Waals surface area contributed by atoms with Gasteiger partial charge in [-0.25, -0.2) is 8.42 Å². The Bertz CT molecular complexity index is 1200. The smallest absolute Gasteiger partial charge is 0.242 e. The van der Waals surface area contributed by atoms with Gasteiger partial charge in [0.2, 0.25) is 21.8 Å². The highest BCUT2D eigenvalue weighted by molar-refractivity contribution is 7.92. The largest absolute Gasteiger partial charge is 0.354 e. The number of rotatable bonds is 13. The molecule has 0 unspecified atom stereocenters. The Morgan fingerprint density at radius 1 is 1.03 bits per heavy atom. The van der Waals surface area contributed by atoms with Crippen LogP contribution in [0.15, 0.2) is 36.4 Å². The molecule has 1 atom stereocenters. The van der Waals surface area contributed by atoms with Crippen LogP contribution in [0.25, 0.3) is 0 Å². The van der Waals surface area contributed by atoms with Crippen molar-refractivity contribution in [1.29, 1.82) is 0 Å². The summed E-state index contributed by atoms with van der Waals surface area (Å²) in [4.78, 5) is 28.0. The van der Waals surface area contributed by atoms with E-state index in [0.717, 1.165) is 23.1 Å². The number of nitrogens with zero attached hydrogens (tertiary/aromatic N) is 2. The molecule has 37 heavy (non-hydrogen) atoms. The quantitative estimate of drug-likeness (QED) is 0.345. The molecule has 7 nitrogen and oxygen atoms in total. The van der Waals surface area contributed by atoms with Gasteiger partial charge in [-0.15, -0.1) is 0 Å². The predicted octanol–water partition coefficient (Wildman–Crippen LogP) is 5.49. The van der Waals surface area contributed by atoms with E-state index < -0.39 is 16.1 Å². The summed E-state index contributed by atoms with van der Waals surface area (Å²) < 4.78 is 26.6. The number of sulfonamides is 1. The number of hydrogen-bond acceptors (Lipinski definition) is 4. The molecule has 0 spiro atoms. The molecule has 0 bridgehead atoms. The maximum atomic E-state index is 13.5. The number of amides is 2. The lowest BCUT2D eigenvalue weighted by atomic mass is 10.1. The molecule has 2 rings (SSSR count). The second-order valence-corrected chi connectivity index (χ2v) is 11.9. The summed E-state index contributed by atoms with van der Waals surface area (Å²) in [6.45, 7) is 8.43. The molecule has 0 saturated carbocycles. The van der Waals surface area contributed by atoms with Crippen LogP contribution < -0.4 is 9.62 Å². The Kier molecular flexibility index (Phi) is 11.7. The second kappa shape index (κ2) is 14.0. The van der Waals surface area contributed by atoms with Crippen LogP contribution in [-0.2, 0) is 26.2 Å². The summed E-state index contributed by atoms with van der Waals surface area (Å²) >= 11 is 12.2. The van der Waals surface area contributed by atoms with Crippen molar-refractivity contribution >= 4 is 50.7 Å². The number of carbonyl (C=O) groups is 2. The first kappa shape index (κ1) is 30.9. The summed E-state index contributed by atoms with van der Waals surface area (Å²) in [5, 5.41) is 3.66. The lowest BCUT2D eigenvalue weighted by Crippen LogP contribution is -2.49. The molecule has 2 aromatic carbocycles. The van der Waals surface area contributed by atoms with Crippen molar-refractivity contribution in [2.45, 2.75) is 66.0 Å². The van der Waals surface area contributed by atoms with Crippen molar-refractivity contribution in [3.05, 3.63) is 63.1 Å². The minimum absolute atomic E-state index is 0.0791. The molecule has 2 aromatic rings. The van der Waals surface area contributed by atoms with Crippen LogP contribution in [0, 0.1) is 13.8 Å². The van der Waals surface area contributed by atoms with Crippen molar-refractivity contribution in [1.82, 2.24) is 10.2 Å². The highest BCUT2D eigenvalue weighted by Gasteiger charge is 2.29. The number of nitrogens with one attached hydrogen (secondary N) is 1. The van der Waals surface area contributed by atoms with Crippen molar-refractivity contribution in [3.63, 3.8) is 0 Å². The van der Waals surface area contributed by atoms with Crippen LogP contribution in [0.1, 0.15) is 56.2 Å².